The number of para-hydroxylation sites is 1. The molecule has 5 unspecified atom stereocenters. The summed E-state index contributed by atoms with van der Waals surface area (Å²) >= 11 is 0. The molecule has 6 aliphatic rings. The van der Waals surface area contributed by atoms with E-state index in [9.17, 15) is 14.4 Å². The molecule has 7 rings (SSSR count). The van der Waals surface area contributed by atoms with Crippen LogP contribution >= 0.6 is 0 Å². The van der Waals surface area contributed by atoms with Gasteiger partial charge in [-0.05, 0) is 50.0 Å². The van der Waals surface area contributed by atoms with Crippen LogP contribution in [-0.4, -0.2) is 42.8 Å². The van der Waals surface area contributed by atoms with E-state index < -0.39 is 10.8 Å². The molecule has 29 heavy (non-hydrogen) atoms. The number of nitrogens with zero attached hydrogens (tertiary/aromatic N) is 1. The van der Waals surface area contributed by atoms with Gasteiger partial charge in [0.15, 0.2) is 11.5 Å². The van der Waals surface area contributed by atoms with Crippen LogP contribution in [0, 0.1) is 23.2 Å². The van der Waals surface area contributed by atoms with Crippen LogP contribution in [-0.2, 0) is 19.8 Å². The second-order valence-corrected chi connectivity index (χ2v) is 9.52. The fraction of sp³-hybridized carbons (Fsp3) is 0.609. The van der Waals surface area contributed by atoms with E-state index >= 15 is 0 Å². The summed E-state index contributed by atoms with van der Waals surface area (Å²) in [7, 11) is 1.60. The zero-order valence-electron chi connectivity index (χ0n) is 16.6. The van der Waals surface area contributed by atoms with Crippen LogP contribution in [0.3, 0.4) is 0 Å². The molecule has 4 aliphatic carbocycles. The summed E-state index contributed by atoms with van der Waals surface area (Å²) in [5, 5.41) is 0. The van der Waals surface area contributed by atoms with Crippen molar-refractivity contribution in [3.8, 4) is 11.5 Å². The number of rotatable bonds is 4. The molecule has 2 aliphatic heterocycles. The van der Waals surface area contributed by atoms with Crippen molar-refractivity contribution in [2.75, 3.05) is 13.7 Å². The van der Waals surface area contributed by atoms with Crippen LogP contribution in [0.25, 0.3) is 0 Å². The molecule has 152 valence electrons. The molecule has 0 radical (unpaired) electrons. The number of piperidine rings is 1. The normalized spacial score (nSPS) is 39.5. The highest BCUT2D eigenvalue weighted by molar-refractivity contribution is 6.05. The van der Waals surface area contributed by atoms with Gasteiger partial charge in [-0.2, -0.15) is 0 Å². The second-order valence-electron chi connectivity index (χ2n) is 9.52. The van der Waals surface area contributed by atoms with Crippen molar-refractivity contribution >= 4 is 18.1 Å². The first-order valence-electron chi connectivity index (χ1n) is 10.7. The molecule has 1 aromatic rings. The van der Waals surface area contributed by atoms with E-state index in [0.29, 0.717) is 36.8 Å². The number of amides is 2. The van der Waals surface area contributed by atoms with Gasteiger partial charge in [-0.15, -0.1) is 0 Å². The topological polar surface area (TPSA) is 72.9 Å². The van der Waals surface area contributed by atoms with Gasteiger partial charge in [0.05, 0.1) is 17.9 Å². The lowest BCUT2D eigenvalue weighted by atomic mass is 9.39. The van der Waals surface area contributed by atoms with E-state index in [0.717, 1.165) is 31.1 Å². The first kappa shape index (κ1) is 17.5. The molecule has 2 amide bonds. The largest absolute Gasteiger partial charge is 0.493 e. The lowest BCUT2D eigenvalue weighted by Crippen LogP contribution is -2.75. The molecule has 6 heteroatoms. The number of likely N-dealkylation sites (tertiary alicyclic amines) is 1. The van der Waals surface area contributed by atoms with E-state index in [1.54, 1.807) is 7.11 Å². The minimum Gasteiger partial charge on any atom is -0.493 e. The monoisotopic (exact) mass is 395 g/mol. The standard InChI is InChI=1S/C23H25NO5/c1-28-17-4-2-3-16-19(17)29-20-14-7-8-22(15(9-14)12-25)21(27)24(11-13-5-6-13)18(26)10-23(16,20)22/h2-4,12-15,20H,5-11H2,1H3. The number of hydrogen-bond acceptors (Lipinski definition) is 5. The van der Waals surface area contributed by atoms with Gasteiger partial charge in [-0.3, -0.25) is 14.5 Å². The maximum absolute atomic E-state index is 14.0. The Morgan fingerprint density at radius 3 is 2.79 bits per heavy atom. The zero-order chi connectivity index (χ0) is 20.0. The van der Waals surface area contributed by atoms with Crippen molar-refractivity contribution in [3.05, 3.63) is 23.8 Å². The molecule has 2 spiro atoms. The highest BCUT2D eigenvalue weighted by Crippen LogP contribution is 2.71. The zero-order valence-corrected chi connectivity index (χ0v) is 16.6. The maximum atomic E-state index is 14.0. The molecule has 2 heterocycles. The predicted molar refractivity (Wildman–Crippen MR) is 102 cm³/mol. The van der Waals surface area contributed by atoms with Crippen LogP contribution in [0.1, 0.15) is 44.1 Å². The molecule has 0 aromatic heterocycles. The van der Waals surface area contributed by atoms with Crippen molar-refractivity contribution in [1.29, 1.82) is 0 Å². The number of ether oxygens (including phenoxy) is 2. The summed E-state index contributed by atoms with van der Waals surface area (Å²) in [6, 6.07) is 5.72. The summed E-state index contributed by atoms with van der Waals surface area (Å²) in [6.07, 6.45) is 5.25. The average molecular weight is 395 g/mol. The molecule has 0 N–H and O–H groups in total. The van der Waals surface area contributed by atoms with E-state index in [2.05, 4.69) is 0 Å². The Bertz CT molecular complexity index is 939. The molecule has 1 aromatic carbocycles. The van der Waals surface area contributed by atoms with Gasteiger partial charge in [0.1, 0.15) is 12.4 Å². The number of fused-ring (bicyclic) bond motifs is 3. The minimum atomic E-state index is -0.894. The first-order chi connectivity index (χ1) is 14.1. The quantitative estimate of drug-likeness (QED) is 0.579. The average Bonchev–Trinajstić information content (AvgIpc) is 3.50. The second kappa shape index (κ2) is 5.61. The van der Waals surface area contributed by atoms with E-state index in [1.165, 1.54) is 4.90 Å². The number of methoxy groups -OCH3 is 1. The van der Waals surface area contributed by atoms with Gasteiger partial charge < -0.3 is 14.3 Å². The molecule has 5 atom stereocenters. The molecule has 1 saturated heterocycles. The summed E-state index contributed by atoms with van der Waals surface area (Å²) in [6.45, 7) is 0.501. The van der Waals surface area contributed by atoms with Crippen LogP contribution in [0.5, 0.6) is 11.5 Å². The molecule has 5 fully saturated rings. The maximum Gasteiger partial charge on any atom is 0.237 e. The predicted octanol–water partition coefficient (Wildman–Crippen LogP) is 2.48. The number of carbonyl (C=O) groups excluding carboxylic acids is 3. The Labute approximate surface area is 169 Å². The molecular weight excluding hydrogens is 370 g/mol. The highest BCUT2D eigenvalue weighted by atomic mass is 16.5. The van der Waals surface area contributed by atoms with Crippen molar-refractivity contribution < 1.29 is 23.9 Å². The third kappa shape index (κ3) is 1.91. The van der Waals surface area contributed by atoms with Crippen molar-refractivity contribution in [1.82, 2.24) is 4.90 Å². The Hall–Kier alpha value is -2.37. The molecule has 6 nitrogen and oxygen atoms in total. The lowest BCUT2D eigenvalue weighted by Gasteiger charge is -2.64. The molecule has 2 bridgehead atoms. The smallest absolute Gasteiger partial charge is 0.237 e. The number of benzene rings is 1. The van der Waals surface area contributed by atoms with Crippen molar-refractivity contribution in [2.45, 2.75) is 50.0 Å². The summed E-state index contributed by atoms with van der Waals surface area (Å²) in [5.41, 5.74) is -0.780. The van der Waals surface area contributed by atoms with E-state index in [4.69, 9.17) is 9.47 Å². The van der Waals surface area contributed by atoms with Crippen LogP contribution < -0.4 is 9.47 Å². The van der Waals surface area contributed by atoms with Gasteiger partial charge in [-0.1, -0.05) is 12.1 Å². The van der Waals surface area contributed by atoms with Gasteiger partial charge in [-0.25, -0.2) is 0 Å². The lowest BCUT2D eigenvalue weighted by molar-refractivity contribution is -0.197. The SMILES string of the molecule is COc1cccc2c1OC1C3CCC4(C(=O)N(CC5CC5)C(=O)CC214)C(C=O)C3. The Kier molecular flexibility index (Phi) is 3.38. The first-order valence-corrected chi connectivity index (χ1v) is 10.7. The van der Waals surface area contributed by atoms with Crippen molar-refractivity contribution in [3.63, 3.8) is 0 Å². The molecule has 4 saturated carbocycles. The molecular formula is C23H25NO5. The number of hydrogen-bond donors (Lipinski definition) is 0. The number of aldehydes is 1. The number of carbonyl (C=O) groups is 3. The third-order valence-corrected chi connectivity index (χ3v) is 8.39. The van der Waals surface area contributed by atoms with E-state index in [-0.39, 0.29) is 36.2 Å². The van der Waals surface area contributed by atoms with Gasteiger partial charge in [0.25, 0.3) is 0 Å². The highest BCUT2D eigenvalue weighted by Gasteiger charge is 2.77. The van der Waals surface area contributed by atoms with Crippen LogP contribution in [0.2, 0.25) is 0 Å². The summed E-state index contributed by atoms with van der Waals surface area (Å²) < 4.78 is 12.0. The number of imide groups is 1. The van der Waals surface area contributed by atoms with Crippen molar-refractivity contribution in [2.24, 2.45) is 23.2 Å². The van der Waals surface area contributed by atoms with Gasteiger partial charge in [0.2, 0.25) is 11.8 Å². The summed E-state index contributed by atoms with van der Waals surface area (Å²) in [5.74, 6) is 1.24. The minimum absolute atomic E-state index is 0.117. The van der Waals surface area contributed by atoms with Crippen LogP contribution in [0.15, 0.2) is 18.2 Å². The summed E-state index contributed by atoms with van der Waals surface area (Å²) in [4.78, 5) is 41.1. The van der Waals surface area contributed by atoms with Crippen LogP contribution in [0.4, 0.5) is 0 Å². The van der Waals surface area contributed by atoms with Gasteiger partial charge >= 0.3 is 0 Å². The fourth-order valence-corrected chi connectivity index (χ4v) is 7.01. The fourth-order valence-electron chi connectivity index (χ4n) is 7.01. The third-order valence-electron chi connectivity index (χ3n) is 8.39. The Morgan fingerprint density at radius 1 is 1.24 bits per heavy atom. The van der Waals surface area contributed by atoms with Gasteiger partial charge in [0, 0.05) is 24.4 Å². The Morgan fingerprint density at radius 2 is 2.07 bits per heavy atom. The Balaban J connectivity index is 1.59. The van der Waals surface area contributed by atoms with E-state index in [1.807, 2.05) is 18.2 Å².